The van der Waals surface area contributed by atoms with E-state index in [1.807, 2.05) is 6.92 Å². The van der Waals surface area contributed by atoms with Gasteiger partial charge in [-0.3, -0.25) is 10.1 Å². The first-order valence-corrected chi connectivity index (χ1v) is 6.87. The third-order valence-electron chi connectivity index (χ3n) is 3.36. The van der Waals surface area contributed by atoms with Crippen LogP contribution in [0, 0.1) is 15.5 Å². The van der Waals surface area contributed by atoms with E-state index in [9.17, 15) is 10.1 Å². The van der Waals surface area contributed by atoms with Crippen molar-refractivity contribution in [2.24, 2.45) is 12.5 Å². The highest BCUT2D eigenvalue weighted by atomic mass is 16.6. The monoisotopic (exact) mass is 284 g/mol. The fourth-order valence-electron chi connectivity index (χ4n) is 2.17. The van der Waals surface area contributed by atoms with Crippen molar-refractivity contribution in [2.75, 3.05) is 18.5 Å². The number of aromatic nitrogens is 2. The molecule has 0 aromatic carbocycles. The number of nitrogens with one attached hydrogen (secondary N) is 1. The Balaban J connectivity index is 2.87. The molecule has 0 radical (unpaired) electrons. The number of hydrogen-bond acceptors (Lipinski definition) is 5. The molecule has 7 heteroatoms. The van der Waals surface area contributed by atoms with Crippen LogP contribution in [0.4, 0.5) is 11.5 Å². The van der Waals surface area contributed by atoms with Gasteiger partial charge >= 0.3 is 5.69 Å². The normalized spacial score (nSPS) is 11.7. The Morgan fingerprint density at radius 1 is 1.50 bits per heavy atom. The molecule has 0 aliphatic heterocycles. The number of nitro groups is 1. The maximum atomic E-state index is 11.2. The fraction of sp³-hybridized carbons (Fsp3) is 0.769. The summed E-state index contributed by atoms with van der Waals surface area (Å²) in [6, 6.07) is 0. The molecule has 0 bridgehead atoms. The topological polar surface area (TPSA) is 93.2 Å². The zero-order valence-electron chi connectivity index (χ0n) is 12.6. The Kier molecular flexibility index (Phi) is 5.50. The van der Waals surface area contributed by atoms with Crippen molar-refractivity contribution >= 4 is 11.5 Å². The minimum Gasteiger partial charge on any atom is -0.396 e. The molecule has 0 amide bonds. The van der Waals surface area contributed by atoms with Crippen LogP contribution < -0.4 is 5.32 Å². The van der Waals surface area contributed by atoms with E-state index in [1.165, 1.54) is 4.68 Å². The van der Waals surface area contributed by atoms with Crippen molar-refractivity contribution in [1.29, 1.82) is 0 Å². The Morgan fingerprint density at radius 2 is 2.15 bits per heavy atom. The van der Waals surface area contributed by atoms with E-state index in [0.717, 1.165) is 12.8 Å². The predicted molar refractivity (Wildman–Crippen MR) is 77.8 cm³/mol. The molecule has 0 saturated heterocycles. The summed E-state index contributed by atoms with van der Waals surface area (Å²) in [6.07, 6.45) is 2.10. The van der Waals surface area contributed by atoms with E-state index >= 15 is 0 Å². The minimum atomic E-state index is -0.380. The van der Waals surface area contributed by atoms with Crippen LogP contribution in [0.1, 0.15) is 39.3 Å². The molecule has 1 aromatic rings. The van der Waals surface area contributed by atoms with E-state index < -0.39 is 0 Å². The molecule has 0 aliphatic carbocycles. The fourth-order valence-corrected chi connectivity index (χ4v) is 2.17. The summed E-state index contributed by atoms with van der Waals surface area (Å²) < 4.78 is 1.53. The van der Waals surface area contributed by atoms with Crippen molar-refractivity contribution in [1.82, 2.24) is 9.78 Å². The van der Waals surface area contributed by atoms with Crippen LogP contribution in [0.15, 0.2) is 0 Å². The van der Waals surface area contributed by atoms with Crippen LogP contribution in [0.25, 0.3) is 0 Å². The highest BCUT2D eigenvalue weighted by Gasteiger charge is 2.27. The lowest BCUT2D eigenvalue weighted by molar-refractivity contribution is -0.384. The first-order chi connectivity index (χ1) is 9.32. The first-order valence-electron chi connectivity index (χ1n) is 6.87. The number of aryl methyl sites for hydroxylation is 2. The van der Waals surface area contributed by atoms with Crippen molar-refractivity contribution in [3.8, 4) is 0 Å². The summed E-state index contributed by atoms with van der Waals surface area (Å²) in [5.74, 6) is 0.448. The number of rotatable bonds is 8. The van der Waals surface area contributed by atoms with Gasteiger partial charge in [0.2, 0.25) is 5.82 Å². The van der Waals surface area contributed by atoms with Crippen LogP contribution >= 0.6 is 0 Å². The first kappa shape index (κ1) is 16.4. The molecule has 0 spiro atoms. The summed E-state index contributed by atoms with van der Waals surface area (Å²) in [4.78, 5) is 10.8. The Bertz CT molecular complexity index is 468. The maximum absolute atomic E-state index is 11.2. The van der Waals surface area contributed by atoms with E-state index in [0.29, 0.717) is 24.5 Å². The molecule has 2 N–H and O–H groups in total. The van der Waals surface area contributed by atoms with Gasteiger partial charge in [-0.25, -0.2) is 4.68 Å². The molecule has 0 saturated carbocycles. The third kappa shape index (κ3) is 3.93. The SMILES string of the molecule is CCc1nn(C)c(NCC(C)(C)CCCO)c1[N+](=O)[O-]. The van der Waals surface area contributed by atoms with Crippen LogP contribution in [-0.4, -0.2) is 33.0 Å². The van der Waals surface area contributed by atoms with Gasteiger partial charge in [-0.05, 0) is 24.7 Å². The van der Waals surface area contributed by atoms with Gasteiger partial charge in [0.1, 0.15) is 5.69 Å². The summed E-state index contributed by atoms with van der Waals surface area (Å²) in [6.45, 7) is 6.74. The second-order valence-electron chi connectivity index (χ2n) is 5.72. The van der Waals surface area contributed by atoms with Crippen LogP contribution in [-0.2, 0) is 13.5 Å². The lowest BCUT2D eigenvalue weighted by Crippen LogP contribution is -2.24. The van der Waals surface area contributed by atoms with E-state index in [4.69, 9.17) is 5.11 Å². The third-order valence-corrected chi connectivity index (χ3v) is 3.36. The van der Waals surface area contributed by atoms with E-state index in [-0.39, 0.29) is 22.6 Å². The van der Waals surface area contributed by atoms with Crippen molar-refractivity contribution in [3.63, 3.8) is 0 Å². The van der Waals surface area contributed by atoms with Crippen molar-refractivity contribution in [2.45, 2.75) is 40.0 Å². The largest absolute Gasteiger partial charge is 0.396 e. The van der Waals surface area contributed by atoms with Crippen LogP contribution in [0.5, 0.6) is 0 Å². The standard InChI is InChI=1S/C13H24N4O3/c1-5-10-11(17(19)20)12(16(4)15-10)14-9-13(2,3)7-6-8-18/h14,18H,5-9H2,1-4H3. The average molecular weight is 284 g/mol. The summed E-state index contributed by atoms with van der Waals surface area (Å²) in [5.41, 5.74) is 0.508. The second-order valence-corrected chi connectivity index (χ2v) is 5.72. The van der Waals surface area contributed by atoms with Gasteiger partial charge in [-0.1, -0.05) is 20.8 Å². The maximum Gasteiger partial charge on any atom is 0.333 e. The zero-order valence-corrected chi connectivity index (χ0v) is 12.6. The van der Waals surface area contributed by atoms with E-state index in [2.05, 4.69) is 24.3 Å². The van der Waals surface area contributed by atoms with Crippen LogP contribution in [0.3, 0.4) is 0 Å². The van der Waals surface area contributed by atoms with Gasteiger partial charge in [-0.2, -0.15) is 5.10 Å². The summed E-state index contributed by atoms with van der Waals surface area (Å²) in [5, 5.41) is 27.4. The molecule has 0 unspecified atom stereocenters. The molecule has 20 heavy (non-hydrogen) atoms. The Labute approximate surface area is 119 Å². The number of hydrogen-bond donors (Lipinski definition) is 2. The van der Waals surface area contributed by atoms with Gasteiger partial charge in [0, 0.05) is 20.2 Å². The summed E-state index contributed by atoms with van der Waals surface area (Å²) >= 11 is 0. The molecular weight excluding hydrogens is 260 g/mol. The molecule has 0 atom stereocenters. The number of nitrogens with zero attached hydrogens (tertiary/aromatic N) is 3. The number of aliphatic hydroxyl groups excluding tert-OH is 1. The van der Waals surface area contributed by atoms with Crippen molar-refractivity contribution < 1.29 is 10.0 Å². The summed E-state index contributed by atoms with van der Waals surface area (Å²) in [7, 11) is 1.70. The van der Waals surface area contributed by atoms with Gasteiger partial charge in [0.15, 0.2) is 0 Å². The number of anilines is 1. The van der Waals surface area contributed by atoms with Gasteiger partial charge in [-0.15, -0.1) is 0 Å². The molecular formula is C13H24N4O3. The molecule has 114 valence electrons. The molecule has 1 rings (SSSR count). The Morgan fingerprint density at radius 3 is 2.65 bits per heavy atom. The lowest BCUT2D eigenvalue weighted by atomic mass is 9.88. The van der Waals surface area contributed by atoms with Crippen molar-refractivity contribution in [3.05, 3.63) is 15.8 Å². The molecule has 7 nitrogen and oxygen atoms in total. The smallest absolute Gasteiger partial charge is 0.333 e. The van der Waals surface area contributed by atoms with Crippen LogP contribution in [0.2, 0.25) is 0 Å². The minimum absolute atomic E-state index is 0.0484. The lowest BCUT2D eigenvalue weighted by Gasteiger charge is -2.24. The van der Waals surface area contributed by atoms with Gasteiger partial charge < -0.3 is 10.4 Å². The molecule has 1 heterocycles. The molecule has 0 fully saturated rings. The highest BCUT2D eigenvalue weighted by molar-refractivity contribution is 5.59. The zero-order chi connectivity index (χ0) is 15.3. The molecule has 1 aromatic heterocycles. The van der Waals surface area contributed by atoms with E-state index in [1.54, 1.807) is 7.05 Å². The van der Waals surface area contributed by atoms with Gasteiger partial charge in [0.05, 0.1) is 4.92 Å². The predicted octanol–water partition coefficient (Wildman–Crippen LogP) is 2.10. The Hall–Kier alpha value is -1.63. The highest BCUT2D eigenvalue weighted by Crippen LogP contribution is 2.30. The average Bonchev–Trinajstić information content (AvgIpc) is 2.70. The molecule has 0 aliphatic rings. The second kappa shape index (κ2) is 6.69. The number of aliphatic hydroxyl groups is 1. The van der Waals surface area contributed by atoms with Gasteiger partial charge in [0.25, 0.3) is 0 Å². The quantitative estimate of drug-likeness (QED) is 0.563.